The standard InChI is InChI=1S/C28H30BrCl2N3O4/c29-22-7-4-10-25(15-22)32-18-33(26-11-5-8-23(30)16-26)20-35-37-28(13-2-1-3-14-28)38-36-21-34(19-32)27-12-6-9-24(31)17-27/h4-12,15-17H,1-3,13-14,18-21H2. The third kappa shape index (κ3) is 7.12. The molecule has 1 heterocycles. The molecule has 3 aromatic rings. The molecule has 0 N–H and O–H groups in total. The first-order valence-corrected chi connectivity index (χ1v) is 14.2. The lowest BCUT2D eigenvalue weighted by molar-refractivity contribution is -0.516. The topological polar surface area (TPSA) is 46.6 Å². The van der Waals surface area contributed by atoms with Crippen molar-refractivity contribution in [3.05, 3.63) is 87.3 Å². The maximum Gasteiger partial charge on any atom is 0.234 e. The van der Waals surface area contributed by atoms with Gasteiger partial charge in [0.2, 0.25) is 5.79 Å². The van der Waals surface area contributed by atoms with Crippen molar-refractivity contribution in [2.24, 2.45) is 0 Å². The molecule has 2 aliphatic rings. The molecule has 1 aliphatic carbocycles. The predicted octanol–water partition coefficient (Wildman–Crippen LogP) is 7.98. The summed E-state index contributed by atoms with van der Waals surface area (Å²) in [6.07, 6.45) is 4.44. The molecule has 5 rings (SSSR count). The molecule has 3 aromatic carbocycles. The van der Waals surface area contributed by atoms with Crippen molar-refractivity contribution < 1.29 is 19.6 Å². The van der Waals surface area contributed by atoms with E-state index in [1.807, 2.05) is 60.7 Å². The molecule has 1 saturated carbocycles. The number of hydrogen-bond donors (Lipinski definition) is 0. The smallest absolute Gasteiger partial charge is 0.234 e. The molecule has 38 heavy (non-hydrogen) atoms. The van der Waals surface area contributed by atoms with Crippen LogP contribution in [0, 0.1) is 0 Å². The minimum Gasteiger partial charge on any atom is -0.336 e. The van der Waals surface area contributed by atoms with Gasteiger partial charge in [-0.1, -0.05) is 63.8 Å². The number of rotatable bonds is 3. The van der Waals surface area contributed by atoms with Gasteiger partial charge < -0.3 is 14.7 Å². The van der Waals surface area contributed by atoms with Gasteiger partial charge in [0, 0.05) is 44.4 Å². The molecule has 1 saturated heterocycles. The first-order valence-electron chi connectivity index (χ1n) is 12.6. The Bertz CT molecular complexity index is 1150. The van der Waals surface area contributed by atoms with E-state index in [1.54, 1.807) is 0 Å². The van der Waals surface area contributed by atoms with Gasteiger partial charge in [0.05, 0.1) is 13.3 Å². The number of anilines is 3. The fraction of sp³-hybridized carbons (Fsp3) is 0.357. The summed E-state index contributed by atoms with van der Waals surface area (Å²) in [5, 5.41) is 1.29. The van der Waals surface area contributed by atoms with E-state index in [4.69, 9.17) is 42.8 Å². The molecular formula is C28H30BrCl2N3O4. The van der Waals surface area contributed by atoms with E-state index in [-0.39, 0.29) is 13.5 Å². The van der Waals surface area contributed by atoms with Gasteiger partial charge in [-0.2, -0.15) is 9.78 Å². The van der Waals surface area contributed by atoms with E-state index in [1.165, 1.54) is 0 Å². The number of benzene rings is 3. The van der Waals surface area contributed by atoms with E-state index < -0.39 is 5.79 Å². The number of nitrogens with zero attached hydrogens (tertiary/aromatic N) is 3. The highest BCUT2D eigenvalue weighted by molar-refractivity contribution is 9.10. The third-order valence-electron chi connectivity index (χ3n) is 6.66. The summed E-state index contributed by atoms with van der Waals surface area (Å²) < 4.78 is 0.975. The molecule has 7 nitrogen and oxygen atoms in total. The van der Waals surface area contributed by atoms with Gasteiger partial charge in [0.15, 0.2) is 13.5 Å². The van der Waals surface area contributed by atoms with Crippen molar-refractivity contribution in [1.29, 1.82) is 0 Å². The van der Waals surface area contributed by atoms with E-state index in [0.29, 0.717) is 36.2 Å². The molecule has 0 radical (unpaired) electrons. The van der Waals surface area contributed by atoms with Gasteiger partial charge in [0.25, 0.3) is 0 Å². The van der Waals surface area contributed by atoms with E-state index >= 15 is 0 Å². The molecule has 0 amide bonds. The SMILES string of the molecule is Clc1cccc(N2COOC3(CCCCC3)OOCN(c3cccc(Cl)c3)CN(c3cccc(Br)c3)C2)c1. The second kappa shape index (κ2) is 12.9. The van der Waals surface area contributed by atoms with Crippen LogP contribution in [0.2, 0.25) is 10.0 Å². The molecule has 1 spiro atoms. The second-order valence-corrected chi connectivity index (χ2v) is 11.3. The van der Waals surface area contributed by atoms with Crippen LogP contribution in [0.1, 0.15) is 32.1 Å². The van der Waals surface area contributed by atoms with Gasteiger partial charge in [-0.25, -0.2) is 9.78 Å². The van der Waals surface area contributed by atoms with Gasteiger partial charge in [-0.05, 0) is 67.4 Å². The van der Waals surface area contributed by atoms with Crippen molar-refractivity contribution in [3.8, 4) is 0 Å². The predicted molar refractivity (Wildman–Crippen MR) is 154 cm³/mol. The summed E-state index contributed by atoms with van der Waals surface area (Å²) in [6, 6.07) is 23.6. The molecule has 0 aromatic heterocycles. The fourth-order valence-electron chi connectivity index (χ4n) is 4.70. The van der Waals surface area contributed by atoms with Crippen LogP contribution in [0.15, 0.2) is 77.3 Å². The van der Waals surface area contributed by atoms with E-state index in [2.05, 4.69) is 42.8 Å². The van der Waals surface area contributed by atoms with Crippen LogP contribution >= 0.6 is 39.1 Å². The van der Waals surface area contributed by atoms with Crippen molar-refractivity contribution in [2.75, 3.05) is 41.5 Å². The molecule has 0 unspecified atom stereocenters. The van der Waals surface area contributed by atoms with Gasteiger partial charge in [0.1, 0.15) is 0 Å². The zero-order valence-corrected chi connectivity index (χ0v) is 24.0. The Labute approximate surface area is 241 Å². The zero-order chi connectivity index (χ0) is 26.4. The summed E-state index contributed by atoms with van der Waals surface area (Å²) in [5.74, 6) is -0.957. The zero-order valence-electron chi connectivity index (χ0n) is 20.9. The first-order chi connectivity index (χ1) is 18.5. The van der Waals surface area contributed by atoms with Crippen molar-refractivity contribution in [2.45, 2.75) is 37.9 Å². The maximum atomic E-state index is 6.38. The van der Waals surface area contributed by atoms with Crippen molar-refractivity contribution in [1.82, 2.24) is 0 Å². The number of hydrogen-bond acceptors (Lipinski definition) is 7. The Morgan fingerprint density at radius 1 is 0.632 bits per heavy atom. The Hall–Kier alpha value is -2.04. The lowest BCUT2D eigenvalue weighted by atomic mass is 9.94. The van der Waals surface area contributed by atoms with Gasteiger partial charge in [-0.3, -0.25) is 0 Å². The minimum atomic E-state index is -0.957. The van der Waals surface area contributed by atoms with Crippen LogP contribution in [0.3, 0.4) is 0 Å². The van der Waals surface area contributed by atoms with Crippen LogP contribution in [-0.4, -0.2) is 32.6 Å². The summed E-state index contributed by atoms with van der Waals surface area (Å²) in [4.78, 5) is 30.0. The minimum absolute atomic E-state index is 0.160. The fourth-order valence-corrected chi connectivity index (χ4v) is 5.45. The molecule has 10 heteroatoms. The summed E-state index contributed by atoms with van der Waals surface area (Å²) >= 11 is 16.4. The van der Waals surface area contributed by atoms with Gasteiger partial charge in [-0.15, -0.1) is 0 Å². The van der Waals surface area contributed by atoms with E-state index in [0.717, 1.165) is 40.8 Å². The van der Waals surface area contributed by atoms with Crippen LogP contribution in [0.5, 0.6) is 0 Å². The van der Waals surface area contributed by atoms with Crippen LogP contribution < -0.4 is 14.7 Å². The normalized spacial score (nSPS) is 19.2. The largest absolute Gasteiger partial charge is 0.336 e. The Morgan fingerprint density at radius 3 is 1.63 bits per heavy atom. The quantitative estimate of drug-likeness (QED) is 0.274. The highest BCUT2D eigenvalue weighted by atomic mass is 79.9. The number of halogens is 3. The molecule has 1 aliphatic heterocycles. The summed E-state index contributed by atoms with van der Waals surface area (Å²) in [7, 11) is 0. The van der Waals surface area contributed by atoms with Gasteiger partial charge >= 0.3 is 0 Å². The average Bonchev–Trinajstić information content (AvgIpc) is 2.91. The van der Waals surface area contributed by atoms with E-state index in [9.17, 15) is 0 Å². The second-order valence-electron chi connectivity index (χ2n) is 9.47. The van der Waals surface area contributed by atoms with Crippen molar-refractivity contribution >= 4 is 56.2 Å². The van der Waals surface area contributed by atoms with Crippen LogP contribution in [0.4, 0.5) is 17.1 Å². The first kappa shape index (κ1) is 27.5. The average molecular weight is 623 g/mol. The maximum absolute atomic E-state index is 6.38. The van der Waals surface area contributed by atoms with Crippen LogP contribution in [-0.2, 0) is 19.6 Å². The Balaban J connectivity index is 1.52. The highest BCUT2D eigenvalue weighted by Crippen LogP contribution is 2.34. The summed E-state index contributed by atoms with van der Waals surface area (Å²) in [5.41, 5.74) is 2.81. The third-order valence-corrected chi connectivity index (χ3v) is 7.62. The van der Waals surface area contributed by atoms with Crippen molar-refractivity contribution in [3.63, 3.8) is 0 Å². The Kier molecular flexibility index (Phi) is 9.33. The lowest BCUT2D eigenvalue weighted by Crippen LogP contribution is -2.48. The molecule has 2 fully saturated rings. The molecule has 0 atom stereocenters. The molecule has 202 valence electrons. The summed E-state index contributed by atoms with van der Waals surface area (Å²) in [6.45, 7) is 1.27. The van der Waals surface area contributed by atoms with Crippen LogP contribution in [0.25, 0.3) is 0 Å². The monoisotopic (exact) mass is 621 g/mol. The molecular weight excluding hydrogens is 593 g/mol. The lowest BCUT2D eigenvalue weighted by Gasteiger charge is -2.40. The molecule has 0 bridgehead atoms. The Morgan fingerprint density at radius 2 is 1.13 bits per heavy atom. The highest BCUT2D eigenvalue weighted by Gasteiger charge is 2.38.